The number of carbonyl (C=O) groups is 6. The van der Waals surface area contributed by atoms with Crippen LogP contribution in [0.25, 0.3) is 0 Å². The van der Waals surface area contributed by atoms with Crippen LogP contribution in [0.4, 0.5) is 0 Å². The molecule has 2 rings (SSSR count). The molecule has 12 heteroatoms. The van der Waals surface area contributed by atoms with Crippen molar-refractivity contribution in [3.05, 3.63) is 70.8 Å². The van der Waals surface area contributed by atoms with Crippen molar-refractivity contribution in [1.29, 1.82) is 0 Å². The molecule has 0 saturated heterocycles. The fraction of sp³-hybridized carbons (Fsp3) is 0.640. The number of esters is 4. The van der Waals surface area contributed by atoms with E-state index in [-0.39, 0.29) is 35.1 Å². The SMILES string of the molecule is CCCCOC(=O)c1ccccc1C(=O)OCCCCCCCC(C)C.CCCCOC(=O)c1ccccc1C(=O)OCCCCCCCC(C)C.O=C(O)CCCCC(=O)O. The molecule has 2 aromatic carbocycles. The highest BCUT2D eigenvalue weighted by Crippen LogP contribution is 2.16. The smallest absolute Gasteiger partial charge is 0.339 e. The van der Waals surface area contributed by atoms with Crippen LogP contribution in [0.3, 0.4) is 0 Å². The predicted molar refractivity (Wildman–Crippen MR) is 243 cm³/mol. The molecule has 0 amide bonds. The van der Waals surface area contributed by atoms with E-state index >= 15 is 0 Å². The lowest BCUT2D eigenvalue weighted by molar-refractivity contribution is -0.139. The highest BCUT2D eigenvalue weighted by atomic mass is 16.5. The zero-order valence-corrected chi connectivity index (χ0v) is 38.7. The molecule has 0 atom stereocenters. The van der Waals surface area contributed by atoms with Crippen LogP contribution in [-0.2, 0) is 28.5 Å². The standard InChI is InChI=1S/2C22H34O4.C6H10O4/c2*1-4-5-16-25-21(23)19-14-10-11-15-20(19)22(24)26-17-12-8-6-7-9-13-18(2)3;7-5(8)3-1-2-4-6(9)10/h2*10-11,14-15,18H,4-9,12-13,16-17H2,1-3H3;1-4H2,(H,7,8)(H,9,10). The third-order valence-corrected chi connectivity index (χ3v) is 9.55. The second-order valence-corrected chi connectivity index (χ2v) is 16.2. The summed E-state index contributed by atoms with van der Waals surface area (Å²) in [6, 6.07) is 13.4. The number of hydrogen-bond donors (Lipinski definition) is 2. The van der Waals surface area contributed by atoms with Crippen molar-refractivity contribution in [1.82, 2.24) is 0 Å². The fourth-order valence-corrected chi connectivity index (χ4v) is 5.86. The van der Waals surface area contributed by atoms with E-state index in [1.165, 1.54) is 51.4 Å². The Balaban J connectivity index is 0.000000987. The summed E-state index contributed by atoms with van der Waals surface area (Å²) in [5.41, 5.74) is 1.13. The predicted octanol–water partition coefficient (Wildman–Crippen LogP) is 12.3. The van der Waals surface area contributed by atoms with Crippen molar-refractivity contribution < 1.29 is 57.9 Å². The summed E-state index contributed by atoms with van der Waals surface area (Å²) >= 11 is 0. The molecule has 350 valence electrons. The lowest BCUT2D eigenvalue weighted by atomic mass is 10.0. The maximum absolute atomic E-state index is 12.3. The van der Waals surface area contributed by atoms with Gasteiger partial charge < -0.3 is 29.2 Å². The van der Waals surface area contributed by atoms with Crippen LogP contribution in [0.15, 0.2) is 48.5 Å². The Morgan fingerprint density at radius 3 is 0.919 bits per heavy atom. The molecule has 0 aliphatic rings. The summed E-state index contributed by atoms with van der Waals surface area (Å²) in [6.45, 7) is 14.6. The molecule has 0 aromatic heterocycles. The summed E-state index contributed by atoms with van der Waals surface area (Å²) in [5, 5.41) is 16.3. The fourth-order valence-electron chi connectivity index (χ4n) is 5.86. The van der Waals surface area contributed by atoms with E-state index in [0.29, 0.717) is 39.3 Å². The third kappa shape index (κ3) is 31.2. The Bertz CT molecular complexity index is 1420. The number of ether oxygens (including phenoxy) is 4. The zero-order valence-electron chi connectivity index (χ0n) is 38.7. The summed E-state index contributed by atoms with van der Waals surface area (Å²) < 4.78 is 21.1. The Kier molecular flexibility index (Phi) is 35.1. The first-order valence-electron chi connectivity index (χ1n) is 23.0. The minimum absolute atomic E-state index is 0.0628. The molecular formula is C50H78O12. The van der Waals surface area contributed by atoms with Crippen molar-refractivity contribution >= 4 is 35.8 Å². The molecule has 2 aromatic rings. The summed E-state index contributed by atoms with van der Waals surface area (Å²) in [7, 11) is 0. The molecule has 0 unspecified atom stereocenters. The van der Waals surface area contributed by atoms with E-state index in [4.69, 9.17) is 29.2 Å². The Labute approximate surface area is 371 Å². The highest BCUT2D eigenvalue weighted by molar-refractivity contribution is 6.03. The van der Waals surface area contributed by atoms with Crippen LogP contribution in [0, 0.1) is 11.8 Å². The minimum Gasteiger partial charge on any atom is -0.481 e. The highest BCUT2D eigenvalue weighted by Gasteiger charge is 2.20. The van der Waals surface area contributed by atoms with Gasteiger partial charge in [-0.2, -0.15) is 0 Å². The van der Waals surface area contributed by atoms with E-state index in [1.54, 1.807) is 48.5 Å². The van der Waals surface area contributed by atoms with Gasteiger partial charge in [0.25, 0.3) is 0 Å². The van der Waals surface area contributed by atoms with Gasteiger partial charge in [-0.3, -0.25) is 9.59 Å². The van der Waals surface area contributed by atoms with Crippen LogP contribution in [-0.4, -0.2) is 72.5 Å². The van der Waals surface area contributed by atoms with Gasteiger partial charge in [0.05, 0.1) is 48.7 Å². The van der Waals surface area contributed by atoms with Crippen molar-refractivity contribution in [3.63, 3.8) is 0 Å². The largest absolute Gasteiger partial charge is 0.481 e. The molecule has 0 spiro atoms. The van der Waals surface area contributed by atoms with E-state index in [2.05, 4.69) is 27.7 Å². The molecule has 62 heavy (non-hydrogen) atoms. The van der Waals surface area contributed by atoms with Crippen LogP contribution in [0.1, 0.15) is 211 Å². The Hall–Kier alpha value is -4.74. The lowest BCUT2D eigenvalue weighted by Crippen LogP contribution is -2.15. The molecule has 0 bridgehead atoms. The molecule has 0 aliphatic heterocycles. The molecule has 0 saturated carbocycles. The number of aliphatic carboxylic acids is 2. The first-order chi connectivity index (χ1) is 29.7. The van der Waals surface area contributed by atoms with Gasteiger partial charge in [-0.15, -0.1) is 0 Å². The quantitative estimate of drug-likeness (QED) is 0.0416. The number of benzene rings is 2. The summed E-state index contributed by atoms with van der Waals surface area (Å²) in [5.74, 6) is -2.03. The van der Waals surface area contributed by atoms with Crippen molar-refractivity contribution in [3.8, 4) is 0 Å². The Morgan fingerprint density at radius 1 is 0.403 bits per heavy atom. The number of carbonyl (C=O) groups excluding carboxylic acids is 4. The average molecular weight is 871 g/mol. The Morgan fingerprint density at radius 2 is 0.661 bits per heavy atom. The summed E-state index contributed by atoms with van der Waals surface area (Å²) in [4.78, 5) is 68.6. The van der Waals surface area contributed by atoms with Gasteiger partial charge in [-0.1, -0.05) is 143 Å². The number of hydrogen-bond acceptors (Lipinski definition) is 10. The first-order valence-corrected chi connectivity index (χ1v) is 23.0. The van der Waals surface area contributed by atoms with Crippen molar-refractivity contribution in [2.45, 2.75) is 170 Å². The maximum atomic E-state index is 12.3. The molecule has 2 N–H and O–H groups in total. The van der Waals surface area contributed by atoms with Crippen LogP contribution in [0.2, 0.25) is 0 Å². The maximum Gasteiger partial charge on any atom is 0.339 e. The number of carboxylic acid groups (broad SMARTS) is 2. The first kappa shape index (κ1) is 57.3. The van der Waals surface area contributed by atoms with E-state index in [0.717, 1.165) is 63.2 Å². The number of unbranched alkanes of at least 4 members (excludes halogenated alkanes) is 11. The van der Waals surface area contributed by atoms with Gasteiger partial charge in [0.2, 0.25) is 0 Å². The topological polar surface area (TPSA) is 180 Å². The van der Waals surface area contributed by atoms with Gasteiger partial charge in [0, 0.05) is 12.8 Å². The third-order valence-electron chi connectivity index (χ3n) is 9.55. The monoisotopic (exact) mass is 871 g/mol. The van der Waals surface area contributed by atoms with Gasteiger partial charge in [-0.25, -0.2) is 19.2 Å². The minimum atomic E-state index is -0.870. The normalized spacial score (nSPS) is 10.5. The molecule has 12 nitrogen and oxygen atoms in total. The van der Waals surface area contributed by atoms with Crippen molar-refractivity contribution in [2.24, 2.45) is 11.8 Å². The van der Waals surface area contributed by atoms with Crippen LogP contribution in [0.5, 0.6) is 0 Å². The molecule has 0 fully saturated rings. The van der Waals surface area contributed by atoms with Gasteiger partial charge in [0.15, 0.2) is 0 Å². The van der Waals surface area contributed by atoms with E-state index < -0.39 is 35.8 Å². The van der Waals surface area contributed by atoms with E-state index in [9.17, 15) is 28.8 Å². The average Bonchev–Trinajstić information content (AvgIpc) is 3.24. The van der Waals surface area contributed by atoms with Crippen LogP contribution >= 0.6 is 0 Å². The molecule has 0 aliphatic carbocycles. The molecule has 0 radical (unpaired) electrons. The van der Waals surface area contributed by atoms with E-state index in [1.807, 2.05) is 13.8 Å². The van der Waals surface area contributed by atoms with Crippen molar-refractivity contribution in [2.75, 3.05) is 26.4 Å². The van der Waals surface area contributed by atoms with Gasteiger partial charge in [0.1, 0.15) is 0 Å². The molecule has 0 heterocycles. The lowest BCUT2D eigenvalue weighted by Gasteiger charge is -2.10. The second-order valence-electron chi connectivity index (χ2n) is 16.2. The number of carboxylic acids is 2. The second kappa shape index (κ2) is 38.0. The zero-order chi connectivity index (χ0) is 46.4. The van der Waals surface area contributed by atoms with Gasteiger partial charge >= 0.3 is 35.8 Å². The van der Waals surface area contributed by atoms with Gasteiger partial charge in [-0.05, 0) is 74.6 Å². The number of rotatable bonds is 31. The molecular weight excluding hydrogens is 793 g/mol. The van der Waals surface area contributed by atoms with Crippen LogP contribution < -0.4 is 0 Å². The summed E-state index contributed by atoms with van der Waals surface area (Å²) in [6.07, 6.45) is 18.3.